The normalized spacial score (nSPS) is 18.1. The van der Waals surface area contributed by atoms with Crippen molar-refractivity contribution in [2.45, 2.75) is 57.9 Å². The number of halogens is 2. The van der Waals surface area contributed by atoms with Gasteiger partial charge in [-0.3, -0.25) is 0 Å². The van der Waals surface area contributed by atoms with Gasteiger partial charge in [-0.25, -0.2) is 8.78 Å². The van der Waals surface area contributed by atoms with Crippen LogP contribution < -0.4 is 5.32 Å². The standard InChI is InChI=1S/C17H25F2N/c1-13(12-15-16(18)8-5-9-17(15)19)20-11-10-14-6-3-2-4-7-14/h5,8-9,13-14,20H,2-4,6-7,10-12H2,1H3. The number of nitrogens with one attached hydrogen (secondary N) is 1. The molecule has 1 aromatic rings. The predicted molar refractivity (Wildman–Crippen MR) is 78.7 cm³/mol. The van der Waals surface area contributed by atoms with Gasteiger partial charge in [-0.1, -0.05) is 38.2 Å². The van der Waals surface area contributed by atoms with Crippen LogP contribution in [0, 0.1) is 17.6 Å². The van der Waals surface area contributed by atoms with E-state index in [0.29, 0.717) is 6.42 Å². The molecule has 1 aliphatic rings. The van der Waals surface area contributed by atoms with Crippen LogP contribution in [0.4, 0.5) is 8.78 Å². The molecule has 0 bridgehead atoms. The Labute approximate surface area is 120 Å². The van der Waals surface area contributed by atoms with Gasteiger partial charge in [0.1, 0.15) is 11.6 Å². The first-order chi connectivity index (χ1) is 9.66. The van der Waals surface area contributed by atoms with E-state index < -0.39 is 11.6 Å². The first kappa shape index (κ1) is 15.4. The first-order valence-electron chi connectivity index (χ1n) is 7.83. The van der Waals surface area contributed by atoms with Crippen molar-refractivity contribution in [1.29, 1.82) is 0 Å². The van der Waals surface area contributed by atoms with Gasteiger partial charge in [-0.15, -0.1) is 0 Å². The number of benzene rings is 1. The summed E-state index contributed by atoms with van der Waals surface area (Å²) in [5.74, 6) is -0.0366. The average molecular weight is 281 g/mol. The lowest BCUT2D eigenvalue weighted by atomic mass is 9.87. The van der Waals surface area contributed by atoms with Gasteiger partial charge in [-0.2, -0.15) is 0 Å². The van der Waals surface area contributed by atoms with Crippen molar-refractivity contribution in [2.24, 2.45) is 5.92 Å². The third kappa shape index (κ3) is 4.55. The van der Waals surface area contributed by atoms with Crippen molar-refractivity contribution < 1.29 is 8.78 Å². The van der Waals surface area contributed by atoms with Gasteiger partial charge in [0.25, 0.3) is 0 Å². The van der Waals surface area contributed by atoms with Crippen LogP contribution >= 0.6 is 0 Å². The highest BCUT2D eigenvalue weighted by atomic mass is 19.1. The van der Waals surface area contributed by atoms with Crippen molar-refractivity contribution in [3.63, 3.8) is 0 Å². The third-order valence-electron chi connectivity index (χ3n) is 4.34. The van der Waals surface area contributed by atoms with Crippen LogP contribution in [0.15, 0.2) is 18.2 Å². The molecule has 0 amide bonds. The van der Waals surface area contributed by atoms with Crippen LogP contribution in [0.1, 0.15) is 51.0 Å². The van der Waals surface area contributed by atoms with Crippen LogP contribution in [0.5, 0.6) is 0 Å². The molecule has 1 fully saturated rings. The van der Waals surface area contributed by atoms with Crippen molar-refractivity contribution >= 4 is 0 Å². The molecule has 20 heavy (non-hydrogen) atoms. The molecule has 0 aliphatic heterocycles. The molecule has 0 radical (unpaired) electrons. The molecule has 1 N–H and O–H groups in total. The molecule has 2 rings (SSSR count). The van der Waals surface area contributed by atoms with Gasteiger partial charge in [0.2, 0.25) is 0 Å². The minimum absolute atomic E-state index is 0.102. The molecule has 0 spiro atoms. The van der Waals surface area contributed by atoms with E-state index >= 15 is 0 Å². The quantitative estimate of drug-likeness (QED) is 0.812. The molecule has 1 atom stereocenters. The molecule has 1 aromatic carbocycles. The summed E-state index contributed by atoms with van der Waals surface area (Å²) < 4.78 is 27.1. The van der Waals surface area contributed by atoms with E-state index in [1.165, 1.54) is 56.7 Å². The lowest BCUT2D eigenvalue weighted by Gasteiger charge is -2.22. The smallest absolute Gasteiger partial charge is 0.129 e. The molecule has 112 valence electrons. The Morgan fingerprint density at radius 3 is 2.45 bits per heavy atom. The van der Waals surface area contributed by atoms with Gasteiger partial charge in [0.15, 0.2) is 0 Å². The van der Waals surface area contributed by atoms with E-state index in [1.807, 2.05) is 6.92 Å². The third-order valence-corrected chi connectivity index (χ3v) is 4.34. The summed E-state index contributed by atoms with van der Waals surface area (Å²) in [6.45, 7) is 2.94. The summed E-state index contributed by atoms with van der Waals surface area (Å²) in [6.07, 6.45) is 8.39. The molecule has 3 heteroatoms. The Bertz CT molecular complexity index is 393. The summed E-state index contributed by atoms with van der Waals surface area (Å²) in [4.78, 5) is 0. The highest BCUT2D eigenvalue weighted by Gasteiger charge is 2.15. The molecule has 1 unspecified atom stereocenters. The fourth-order valence-electron chi connectivity index (χ4n) is 3.12. The van der Waals surface area contributed by atoms with Crippen LogP contribution in [-0.4, -0.2) is 12.6 Å². The monoisotopic (exact) mass is 281 g/mol. The molecule has 1 nitrogen and oxygen atoms in total. The number of rotatable bonds is 6. The molecule has 0 heterocycles. The Balaban J connectivity index is 1.73. The van der Waals surface area contributed by atoms with Gasteiger partial charge < -0.3 is 5.32 Å². The van der Waals surface area contributed by atoms with Crippen LogP contribution in [0.2, 0.25) is 0 Å². The lowest BCUT2D eigenvalue weighted by molar-refractivity contribution is 0.328. The summed E-state index contributed by atoms with van der Waals surface area (Å²) in [6, 6.07) is 4.17. The van der Waals surface area contributed by atoms with E-state index in [4.69, 9.17) is 0 Å². The maximum atomic E-state index is 13.6. The van der Waals surface area contributed by atoms with E-state index in [2.05, 4.69) is 5.32 Å². The summed E-state index contributed by atoms with van der Waals surface area (Å²) in [5.41, 5.74) is 0.199. The van der Waals surface area contributed by atoms with Crippen LogP contribution in [0.25, 0.3) is 0 Å². The fourth-order valence-corrected chi connectivity index (χ4v) is 3.12. The van der Waals surface area contributed by atoms with Gasteiger partial charge in [0, 0.05) is 11.6 Å². The topological polar surface area (TPSA) is 12.0 Å². The largest absolute Gasteiger partial charge is 0.314 e. The van der Waals surface area contributed by atoms with Crippen LogP contribution in [-0.2, 0) is 6.42 Å². The van der Waals surface area contributed by atoms with E-state index in [0.717, 1.165) is 12.5 Å². The Morgan fingerprint density at radius 2 is 1.80 bits per heavy atom. The van der Waals surface area contributed by atoms with E-state index in [-0.39, 0.29) is 11.6 Å². The predicted octanol–water partition coefficient (Wildman–Crippen LogP) is 4.46. The number of hydrogen-bond donors (Lipinski definition) is 1. The van der Waals surface area contributed by atoms with Crippen molar-refractivity contribution in [3.05, 3.63) is 35.4 Å². The van der Waals surface area contributed by atoms with Crippen molar-refractivity contribution in [1.82, 2.24) is 5.32 Å². The van der Waals surface area contributed by atoms with Crippen LogP contribution in [0.3, 0.4) is 0 Å². The lowest BCUT2D eigenvalue weighted by Crippen LogP contribution is -2.31. The molecule has 1 saturated carbocycles. The zero-order valence-electron chi connectivity index (χ0n) is 12.3. The highest BCUT2D eigenvalue weighted by molar-refractivity contribution is 5.20. The first-order valence-corrected chi connectivity index (χ1v) is 7.83. The highest BCUT2D eigenvalue weighted by Crippen LogP contribution is 2.25. The Morgan fingerprint density at radius 1 is 1.15 bits per heavy atom. The SMILES string of the molecule is CC(Cc1c(F)cccc1F)NCCC1CCCCC1. The average Bonchev–Trinajstić information content (AvgIpc) is 2.44. The minimum atomic E-state index is -0.439. The fraction of sp³-hybridized carbons (Fsp3) is 0.647. The maximum absolute atomic E-state index is 13.6. The van der Waals surface area contributed by atoms with E-state index in [9.17, 15) is 8.78 Å². The van der Waals surface area contributed by atoms with E-state index in [1.54, 1.807) is 0 Å². The molecule has 0 saturated heterocycles. The number of hydrogen-bond acceptors (Lipinski definition) is 1. The van der Waals surface area contributed by atoms with Gasteiger partial charge >= 0.3 is 0 Å². The minimum Gasteiger partial charge on any atom is -0.314 e. The zero-order valence-corrected chi connectivity index (χ0v) is 12.3. The second-order valence-corrected chi connectivity index (χ2v) is 6.05. The molecule has 1 aliphatic carbocycles. The maximum Gasteiger partial charge on any atom is 0.129 e. The van der Waals surface area contributed by atoms with Gasteiger partial charge in [-0.05, 0) is 44.4 Å². The summed E-state index contributed by atoms with van der Waals surface area (Å²) in [7, 11) is 0. The zero-order chi connectivity index (χ0) is 14.4. The van der Waals surface area contributed by atoms with Gasteiger partial charge in [0.05, 0.1) is 0 Å². The molecule has 0 aromatic heterocycles. The van der Waals surface area contributed by atoms with Crippen molar-refractivity contribution in [2.75, 3.05) is 6.54 Å². The Kier molecular flexibility index (Phi) is 5.96. The summed E-state index contributed by atoms with van der Waals surface area (Å²) in [5, 5.41) is 3.40. The molecular formula is C17H25F2N. The Hall–Kier alpha value is -0.960. The second-order valence-electron chi connectivity index (χ2n) is 6.05. The summed E-state index contributed by atoms with van der Waals surface area (Å²) >= 11 is 0. The molecular weight excluding hydrogens is 256 g/mol. The second kappa shape index (κ2) is 7.72. The van der Waals surface area contributed by atoms with Crippen molar-refractivity contribution in [3.8, 4) is 0 Å².